The van der Waals surface area contributed by atoms with Crippen LogP contribution in [0, 0.1) is 11.7 Å². The first-order chi connectivity index (χ1) is 15.3. The number of ether oxygens (including phenoxy) is 2. The zero-order valence-electron chi connectivity index (χ0n) is 17.5. The number of thiazole rings is 1. The van der Waals surface area contributed by atoms with Gasteiger partial charge in [-0.1, -0.05) is 11.3 Å². The number of nitrogens with one attached hydrogen (secondary N) is 1. The number of fused-ring (bicyclic) bond motifs is 1. The number of amides is 1. The molecule has 1 aromatic heterocycles. The van der Waals surface area contributed by atoms with Crippen LogP contribution in [-0.4, -0.2) is 50.9 Å². The van der Waals surface area contributed by atoms with Gasteiger partial charge in [-0.3, -0.25) is 4.79 Å². The molecule has 0 unspecified atom stereocenters. The second-order valence-electron chi connectivity index (χ2n) is 7.32. The molecule has 3 aromatic rings. The third-order valence-corrected chi connectivity index (χ3v) is 8.25. The van der Waals surface area contributed by atoms with Crippen LogP contribution in [0.4, 0.5) is 9.52 Å². The maximum absolute atomic E-state index is 13.1. The highest BCUT2D eigenvalue weighted by Crippen LogP contribution is 2.36. The lowest BCUT2D eigenvalue weighted by molar-refractivity contribution is -0.120. The molecule has 32 heavy (non-hydrogen) atoms. The Kier molecular flexibility index (Phi) is 6.31. The first-order valence-corrected chi connectivity index (χ1v) is 12.2. The monoisotopic (exact) mass is 479 g/mol. The number of benzene rings is 2. The number of carbonyl (C=O) groups excluding carboxylic acids is 1. The Morgan fingerprint density at radius 1 is 1.12 bits per heavy atom. The molecule has 1 fully saturated rings. The van der Waals surface area contributed by atoms with E-state index in [4.69, 9.17) is 9.47 Å². The molecule has 4 rings (SSSR count). The molecule has 2 heterocycles. The third-order valence-electron chi connectivity index (χ3n) is 5.40. The van der Waals surface area contributed by atoms with Crippen molar-refractivity contribution in [1.82, 2.24) is 9.29 Å². The molecular weight excluding hydrogens is 457 g/mol. The van der Waals surface area contributed by atoms with Crippen molar-refractivity contribution in [3.8, 4) is 11.5 Å². The smallest absolute Gasteiger partial charge is 0.243 e. The van der Waals surface area contributed by atoms with E-state index in [1.165, 1.54) is 27.8 Å². The van der Waals surface area contributed by atoms with E-state index in [9.17, 15) is 17.6 Å². The average Bonchev–Trinajstić information content (AvgIpc) is 3.19. The summed E-state index contributed by atoms with van der Waals surface area (Å²) in [5.74, 6) is 0.118. The fourth-order valence-electron chi connectivity index (χ4n) is 3.63. The van der Waals surface area contributed by atoms with E-state index in [0.717, 1.165) is 16.8 Å². The van der Waals surface area contributed by atoms with Crippen molar-refractivity contribution in [1.29, 1.82) is 0 Å². The van der Waals surface area contributed by atoms with Crippen LogP contribution in [-0.2, 0) is 14.8 Å². The molecule has 1 aliphatic rings. The summed E-state index contributed by atoms with van der Waals surface area (Å²) in [4.78, 5) is 17.2. The van der Waals surface area contributed by atoms with Crippen molar-refractivity contribution in [3.05, 3.63) is 42.2 Å². The number of hydrogen-bond acceptors (Lipinski definition) is 7. The summed E-state index contributed by atoms with van der Waals surface area (Å²) in [7, 11) is -0.622. The predicted molar refractivity (Wildman–Crippen MR) is 119 cm³/mol. The minimum atomic E-state index is -3.72. The molecule has 0 bridgehead atoms. The van der Waals surface area contributed by atoms with Gasteiger partial charge in [0, 0.05) is 31.1 Å². The molecule has 2 aromatic carbocycles. The van der Waals surface area contributed by atoms with E-state index in [0.29, 0.717) is 35.0 Å². The largest absolute Gasteiger partial charge is 0.493 e. The predicted octanol–water partition coefficient (Wildman–Crippen LogP) is 3.49. The number of halogens is 1. The zero-order chi connectivity index (χ0) is 22.9. The molecule has 0 radical (unpaired) electrons. The lowest BCUT2D eigenvalue weighted by atomic mass is 9.97. The number of nitrogens with zero attached hydrogens (tertiary/aromatic N) is 2. The van der Waals surface area contributed by atoms with Gasteiger partial charge < -0.3 is 14.8 Å². The Morgan fingerprint density at radius 2 is 1.75 bits per heavy atom. The van der Waals surface area contributed by atoms with E-state index < -0.39 is 15.8 Å². The molecule has 8 nitrogen and oxygen atoms in total. The van der Waals surface area contributed by atoms with Crippen LogP contribution in [0.2, 0.25) is 0 Å². The van der Waals surface area contributed by atoms with Gasteiger partial charge in [-0.15, -0.1) is 0 Å². The normalized spacial score (nSPS) is 15.6. The van der Waals surface area contributed by atoms with Crippen LogP contribution in [0.1, 0.15) is 12.8 Å². The van der Waals surface area contributed by atoms with Crippen molar-refractivity contribution >= 4 is 42.6 Å². The average molecular weight is 480 g/mol. The van der Waals surface area contributed by atoms with Crippen LogP contribution in [0.5, 0.6) is 11.5 Å². The van der Waals surface area contributed by atoms with E-state index in [2.05, 4.69) is 10.3 Å². The van der Waals surface area contributed by atoms with Crippen molar-refractivity contribution in [2.45, 2.75) is 17.7 Å². The van der Waals surface area contributed by atoms with Gasteiger partial charge in [-0.25, -0.2) is 17.8 Å². The van der Waals surface area contributed by atoms with Crippen LogP contribution >= 0.6 is 11.3 Å². The van der Waals surface area contributed by atoms with Gasteiger partial charge >= 0.3 is 0 Å². The number of anilines is 1. The molecule has 0 spiro atoms. The van der Waals surface area contributed by atoms with Crippen LogP contribution in [0.3, 0.4) is 0 Å². The number of methoxy groups -OCH3 is 2. The van der Waals surface area contributed by atoms with Crippen molar-refractivity contribution in [2.75, 3.05) is 32.6 Å². The van der Waals surface area contributed by atoms with Gasteiger partial charge in [0.2, 0.25) is 15.9 Å². The fraction of sp³-hybridized carbons (Fsp3) is 0.333. The minimum Gasteiger partial charge on any atom is -0.493 e. The number of sulfonamides is 1. The lowest BCUT2D eigenvalue weighted by Crippen LogP contribution is -2.41. The van der Waals surface area contributed by atoms with E-state index in [-0.39, 0.29) is 29.8 Å². The summed E-state index contributed by atoms with van der Waals surface area (Å²) in [6.45, 7) is 0.429. The highest BCUT2D eigenvalue weighted by atomic mass is 32.2. The molecule has 1 amide bonds. The fourth-order valence-corrected chi connectivity index (χ4v) is 5.98. The van der Waals surface area contributed by atoms with Crippen LogP contribution in [0.15, 0.2) is 41.3 Å². The number of carbonyl (C=O) groups is 1. The van der Waals surface area contributed by atoms with Crippen molar-refractivity contribution in [3.63, 3.8) is 0 Å². The third kappa shape index (κ3) is 4.41. The Balaban J connectivity index is 1.41. The Bertz CT molecular complexity index is 1200. The molecule has 11 heteroatoms. The number of aromatic nitrogens is 1. The molecule has 1 aliphatic heterocycles. The molecule has 1 saturated heterocycles. The second kappa shape index (κ2) is 9.00. The summed E-state index contributed by atoms with van der Waals surface area (Å²) < 4.78 is 51.4. The molecular formula is C21H22FN3O5S2. The zero-order valence-corrected chi connectivity index (χ0v) is 19.1. The summed E-state index contributed by atoms with van der Waals surface area (Å²) in [6.07, 6.45) is 0.775. The maximum atomic E-state index is 13.1. The number of rotatable bonds is 6. The van der Waals surface area contributed by atoms with Crippen LogP contribution in [0.25, 0.3) is 10.2 Å². The molecule has 0 aliphatic carbocycles. The molecule has 170 valence electrons. The standard InChI is InChI=1S/C21H22FN3O5S2/c1-29-17-11-16-19(12-18(17)30-2)31-21(23-16)24-20(26)13-7-9-25(10-8-13)32(27,28)15-5-3-14(22)4-6-15/h3-6,11-13H,7-10H2,1-2H3,(H,23,24,26). The topological polar surface area (TPSA) is 97.8 Å². The minimum absolute atomic E-state index is 0.0436. The summed E-state index contributed by atoms with van der Waals surface area (Å²) in [6, 6.07) is 8.30. The van der Waals surface area contributed by atoms with Gasteiger partial charge in [0.25, 0.3) is 0 Å². The second-order valence-corrected chi connectivity index (χ2v) is 10.3. The summed E-state index contributed by atoms with van der Waals surface area (Å²) in [5, 5.41) is 3.30. The highest BCUT2D eigenvalue weighted by molar-refractivity contribution is 7.89. The Labute approximate surface area is 189 Å². The molecule has 0 atom stereocenters. The van der Waals surface area contributed by atoms with Crippen LogP contribution < -0.4 is 14.8 Å². The number of piperidine rings is 1. The lowest BCUT2D eigenvalue weighted by Gasteiger charge is -2.30. The highest BCUT2D eigenvalue weighted by Gasteiger charge is 2.32. The van der Waals surface area contributed by atoms with E-state index >= 15 is 0 Å². The van der Waals surface area contributed by atoms with Gasteiger partial charge in [0.15, 0.2) is 16.6 Å². The van der Waals surface area contributed by atoms with Gasteiger partial charge in [-0.2, -0.15) is 4.31 Å². The summed E-state index contributed by atoms with van der Waals surface area (Å²) >= 11 is 1.33. The number of hydrogen-bond donors (Lipinski definition) is 1. The first-order valence-electron chi connectivity index (χ1n) is 9.91. The van der Waals surface area contributed by atoms with Gasteiger partial charge in [0.1, 0.15) is 5.82 Å². The Hall–Kier alpha value is -2.76. The van der Waals surface area contributed by atoms with Gasteiger partial charge in [0.05, 0.1) is 29.3 Å². The maximum Gasteiger partial charge on any atom is 0.243 e. The SMILES string of the molecule is COc1cc2nc(NC(=O)C3CCN(S(=O)(=O)c4ccc(F)cc4)CC3)sc2cc1OC. The van der Waals surface area contributed by atoms with E-state index in [1.807, 2.05) is 0 Å². The van der Waals surface area contributed by atoms with Crippen molar-refractivity contribution in [2.24, 2.45) is 5.92 Å². The first kappa shape index (κ1) is 22.4. The Morgan fingerprint density at radius 3 is 2.38 bits per heavy atom. The van der Waals surface area contributed by atoms with E-state index in [1.54, 1.807) is 26.4 Å². The summed E-state index contributed by atoms with van der Waals surface area (Å²) in [5.41, 5.74) is 0.683. The molecule has 0 saturated carbocycles. The quantitative estimate of drug-likeness (QED) is 0.581. The molecule has 1 N–H and O–H groups in total. The van der Waals surface area contributed by atoms with Crippen molar-refractivity contribution < 1.29 is 27.1 Å². The van der Waals surface area contributed by atoms with Gasteiger partial charge in [-0.05, 0) is 37.1 Å².